The molecule has 21 heavy (non-hydrogen) atoms. The highest BCUT2D eigenvalue weighted by molar-refractivity contribution is 7.91. The van der Waals surface area contributed by atoms with Gasteiger partial charge in [-0.15, -0.1) is 11.3 Å². The smallest absolute Gasteiger partial charge is 0.252 e. The summed E-state index contributed by atoms with van der Waals surface area (Å²) in [6, 6.07) is 3.09. The predicted molar refractivity (Wildman–Crippen MR) is 84.1 cm³/mol. The van der Waals surface area contributed by atoms with Gasteiger partial charge in [0.15, 0.2) is 0 Å². The lowest BCUT2D eigenvalue weighted by Gasteiger charge is -2.33. The van der Waals surface area contributed by atoms with Crippen molar-refractivity contribution < 1.29 is 13.2 Å². The molecule has 1 saturated heterocycles. The molecule has 1 aromatic rings. The van der Waals surface area contributed by atoms with Gasteiger partial charge in [0.1, 0.15) is 4.21 Å². The molecular formula is C13H17ClN2O3S2. The van der Waals surface area contributed by atoms with Crippen LogP contribution in [0.4, 0.5) is 0 Å². The van der Waals surface area contributed by atoms with Gasteiger partial charge in [0.05, 0.1) is 4.34 Å². The van der Waals surface area contributed by atoms with Crippen LogP contribution in [-0.2, 0) is 14.8 Å². The highest BCUT2D eigenvalue weighted by Gasteiger charge is 2.30. The van der Waals surface area contributed by atoms with Crippen molar-refractivity contribution >= 4 is 38.9 Å². The summed E-state index contributed by atoms with van der Waals surface area (Å²) in [5.41, 5.74) is 0.934. The summed E-state index contributed by atoms with van der Waals surface area (Å²) in [5, 5.41) is 0. The predicted octanol–water partition coefficient (Wildman–Crippen LogP) is 2.20. The van der Waals surface area contributed by atoms with E-state index in [-0.39, 0.29) is 10.1 Å². The number of allylic oxidation sites excluding steroid dienone is 1. The monoisotopic (exact) mass is 348 g/mol. The van der Waals surface area contributed by atoms with Gasteiger partial charge in [-0.2, -0.15) is 4.31 Å². The van der Waals surface area contributed by atoms with Gasteiger partial charge < -0.3 is 4.90 Å². The molecule has 2 rings (SSSR count). The summed E-state index contributed by atoms with van der Waals surface area (Å²) in [5.74, 6) is -0.0637. The zero-order valence-electron chi connectivity index (χ0n) is 11.9. The van der Waals surface area contributed by atoms with Gasteiger partial charge in [-0.25, -0.2) is 8.42 Å². The van der Waals surface area contributed by atoms with Crippen LogP contribution < -0.4 is 0 Å². The second-order valence-electron chi connectivity index (χ2n) is 5.01. The maximum Gasteiger partial charge on any atom is 0.252 e. The standard InChI is InChI=1S/C13H17ClN2O3S2/c1-10(2)9-12(17)15-5-7-16(8-6-15)21(18,19)13-4-3-11(14)20-13/h3-4,9H,5-8H2,1-2H3. The van der Waals surface area contributed by atoms with E-state index in [1.807, 2.05) is 13.8 Å². The van der Waals surface area contributed by atoms with Crippen molar-refractivity contribution in [3.63, 3.8) is 0 Å². The Morgan fingerprint density at radius 2 is 1.86 bits per heavy atom. The van der Waals surface area contributed by atoms with Gasteiger partial charge >= 0.3 is 0 Å². The second kappa shape index (κ2) is 6.48. The Morgan fingerprint density at radius 3 is 2.33 bits per heavy atom. The van der Waals surface area contributed by atoms with Crippen LogP contribution in [0.1, 0.15) is 13.8 Å². The third kappa shape index (κ3) is 3.85. The molecule has 8 heteroatoms. The topological polar surface area (TPSA) is 57.7 Å². The summed E-state index contributed by atoms with van der Waals surface area (Å²) >= 11 is 6.84. The third-order valence-electron chi connectivity index (χ3n) is 3.11. The Labute approximate surface area is 133 Å². The van der Waals surface area contributed by atoms with E-state index in [4.69, 9.17) is 11.6 Å². The molecule has 1 fully saturated rings. The molecule has 1 amide bonds. The largest absolute Gasteiger partial charge is 0.337 e. The summed E-state index contributed by atoms with van der Waals surface area (Å²) in [7, 11) is -3.50. The summed E-state index contributed by atoms with van der Waals surface area (Å²) in [4.78, 5) is 13.6. The van der Waals surface area contributed by atoms with E-state index < -0.39 is 10.0 Å². The highest BCUT2D eigenvalue weighted by Crippen LogP contribution is 2.28. The molecule has 1 aromatic heterocycles. The number of carbonyl (C=O) groups excluding carboxylic acids is 1. The van der Waals surface area contributed by atoms with Gasteiger partial charge in [-0.05, 0) is 26.0 Å². The zero-order valence-corrected chi connectivity index (χ0v) is 14.3. The van der Waals surface area contributed by atoms with E-state index in [1.165, 1.54) is 10.4 Å². The minimum atomic E-state index is -3.50. The number of amides is 1. The van der Waals surface area contributed by atoms with Crippen LogP contribution in [-0.4, -0.2) is 49.7 Å². The van der Waals surface area contributed by atoms with E-state index in [0.29, 0.717) is 30.5 Å². The van der Waals surface area contributed by atoms with Crippen molar-refractivity contribution in [1.29, 1.82) is 0 Å². The molecule has 0 atom stereocenters. The number of thiophene rings is 1. The Hall–Kier alpha value is -0.890. The molecule has 0 N–H and O–H groups in total. The first-order valence-electron chi connectivity index (χ1n) is 6.50. The number of halogens is 1. The fraction of sp³-hybridized carbons (Fsp3) is 0.462. The molecule has 1 aliphatic heterocycles. The van der Waals surface area contributed by atoms with Crippen LogP contribution in [0.3, 0.4) is 0 Å². The van der Waals surface area contributed by atoms with Crippen LogP contribution >= 0.6 is 22.9 Å². The number of piperazine rings is 1. The van der Waals surface area contributed by atoms with Crippen LogP contribution in [0.25, 0.3) is 0 Å². The number of hydrogen-bond donors (Lipinski definition) is 0. The van der Waals surface area contributed by atoms with Crippen LogP contribution in [0, 0.1) is 0 Å². The van der Waals surface area contributed by atoms with E-state index >= 15 is 0 Å². The number of carbonyl (C=O) groups is 1. The first-order chi connectivity index (χ1) is 9.80. The lowest BCUT2D eigenvalue weighted by atomic mass is 10.3. The SMILES string of the molecule is CC(C)=CC(=O)N1CCN(S(=O)(=O)c2ccc(Cl)s2)CC1. The molecule has 0 aliphatic carbocycles. The minimum Gasteiger partial charge on any atom is -0.337 e. The molecule has 0 unspecified atom stereocenters. The van der Waals surface area contributed by atoms with Crippen LogP contribution in [0.5, 0.6) is 0 Å². The Morgan fingerprint density at radius 1 is 1.24 bits per heavy atom. The highest BCUT2D eigenvalue weighted by atomic mass is 35.5. The van der Waals surface area contributed by atoms with Crippen LogP contribution in [0.15, 0.2) is 28.0 Å². The number of nitrogens with zero attached hydrogens (tertiary/aromatic N) is 2. The Bertz CT molecular complexity index is 655. The van der Waals surface area contributed by atoms with Gasteiger partial charge in [-0.3, -0.25) is 4.79 Å². The van der Waals surface area contributed by atoms with E-state index in [0.717, 1.165) is 16.9 Å². The molecule has 2 heterocycles. The van der Waals surface area contributed by atoms with E-state index in [2.05, 4.69) is 0 Å². The van der Waals surface area contributed by atoms with Crippen molar-refractivity contribution in [2.75, 3.05) is 26.2 Å². The van der Waals surface area contributed by atoms with Crippen molar-refractivity contribution in [2.45, 2.75) is 18.1 Å². The Kier molecular flexibility index (Phi) is 5.08. The van der Waals surface area contributed by atoms with Crippen molar-refractivity contribution in [3.05, 3.63) is 28.1 Å². The lowest BCUT2D eigenvalue weighted by Crippen LogP contribution is -2.50. The minimum absolute atomic E-state index is 0.0637. The fourth-order valence-electron chi connectivity index (χ4n) is 2.05. The van der Waals surface area contributed by atoms with E-state index in [9.17, 15) is 13.2 Å². The molecule has 0 aromatic carbocycles. The average Bonchev–Trinajstić information content (AvgIpc) is 2.85. The van der Waals surface area contributed by atoms with Crippen molar-refractivity contribution in [1.82, 2.24) is 9.21 Å². The van der Waals surface area contributed by atoms with Crippen molar-refractivity contribution in [3.8, 4) is 0 Å². The molecule has 1 aliphatic rings. The first kappa shape index (κ1) is 16.5. The molecule has 116 valence electrons. The maximum atomic E-state index is 12.4. The fourth-order valence-corrected chi connectivity index (χ4v) is 5.11. The third-order valence-corrected chi connectivity index (χ3v) is 6.70. The molecule has 5 nitrogen and oxygen atoms in total. The zero-order chi connectivity index (χ0) is 15.6. The van der Waals surface area contributed by atoms with Crippen LogP contribution in [0.2, 0.25) is 4.34 Å². The van der Waals surface area contributed by atoms with E-state index in [1.54, 1.807) is 17.0 Å². The normalized spacial score (nSPS) is 16.8. The van der Waals surface area contributed by atoms with Gasteiger partial charge in [-0.1, -0.05) is 17.2 Å². The van der Waals surface area contributed by atoms with Gasteiger partial charge in [0, 0.05) is 32.3 Å². The molecule has 0 saturated carbocycles. The average molecular weight is 349 g/mol. The second-order valence-corrected chi connectivity index (χ2v) is 8.89. The number of sulfonamides is 1. The molecule has 0 radical (unpaired) electrons. The Balaban J connectivity index is 2.04. The quantitative estimate of drug-likeness (QED) is 0.787. The number of rotatable bonds is 3. The summed E-state index contributed by atoms with van der Waals surface area (Å²) in [6.45, 7) is 5.14. The van der Waals surface area contributed by atoms with Gasteiger partial charge in [0.2, 0.25) is 5.91 Å². The molecular weight excluding hydrogens is 332 g/mol. The van der Waals surface area contributed by atoms with Crippen molar-refractivity contribution in [2.24, 2.45) is 0 Å². The first-order valence-corrected chi connectivity index (χ1v) is 9.13. The molecule has 0 bridgehead atoms. The van der Waals surface area contributed by atoms with Gasteiger partial charge in [0.25, 0.3) is 10.0 Å². The molecule has 0 spiro atoms. The summed E-state index contributed by atoms with van der Waals surface area (Å²) in [6.07, 6.45) is 1.57. The summed E-state index contributed by atoms with van der Waals surface area (Å²) < 4.78 is 26.9. The number of hydrogen-bond acceptors (Lipinski definition) is 4. The lowest BCUT2D eigenvalue weighted by molar-refractivity contribution is -0.127. The maximum absolute atomic E-state index is 12.4.